The molecule has 0 amide bonds. The van der Waals surface area contributed by atoms with Gasteiger partial charge in [0.1, 0.15) is 6.10 Å². The maximum absolute atomic E-state index is 11.1. The summed E-state index contributed by atoms with van der Waals surface area (Å²) in [5.41, 5.74) is 1.17. The third-order valence-electron chi connectivity index (χ3n) is 2.57. The summed E-state index contributed by atoms with van der Waals surface area (Å²) in [6.07, 6.45) is 0.506. The first-order valence-corrected chi connectivity index (χ1v) is 5.41. The van der Waals surface area contributed by atoms with Crippen LogP contribution in [0.1, 0.15) is 24.8 Å². The molecule has 0 bridgehead atoms. The molecular formula is C11H11BrO2. The van der Waals surface area contributed by atoms with Gasteiger partial charge in [-0.1, -0.05) is 28.1 Å². The lowest BCUT2D eigenvalue weighted by Crippen LogP contribution is -2.09. The molecule has 0 spiro atoms. The molecule has 2 unspecified atom stereocenters. The van der Waals surface area contributed by atoms with Gasteiger partial charge in [-0.2, -0.15) is 0 Å². The number of ether oxygens (including phenoxy) is 1. The molecule has 2 rings (SSSR count). The van der Waals surface area contributed by atoms with Gasteiger partial charge in [0.05, 0.1) is 6.42 Å². The monoisotopic (exact) mass is 254 g/mol. The second-order valence-corrected chi connectivity index (χ2v) is 4.47. The Balaban J connectivity index is 2.23. The van der Waals surface area contributed by atoms with Crippen LogP contribution in [0.5, 0.6) is 0 Å². The third-order valence-corrected chi connectivity index (χ3v) is 3.10. The van der Waals surface area contributed by atoms with Gasteiger partial charge in [0.25, 0.3) is 0 Å². The highest BCUT2D eigenvalue weighted by molar-refractivity contribution is 9.10. The largest absolute Gasteiger partial charge is 0.462 e. The van der Waals surface area contributed by atoms with Crippen LogP contribution >= 0.6 is 15.9 Å². The van der Waals surface area contributed by atoms with Gasteiger partial charge in [0.15, 0.2) is 0 Å². The van der Waals surface area contributed by atoms with Crippen LogP contribution in [0.3, 0.4) is 0 Å². The number of carbonyl (C=O) groups is 1. The number of halogens is 1. The second-order valence-electron chi connectivity index (χ2n) is 3.56. The molecule has 1 heterocycles. The zero-order valence-electron chi connectivity index (χ0n) is 7.87. The van der Waals surface area contributed by atoms with E-state index in [0.717, 1.165) is 4.47 Å². The number of carbonyl (C=O) groups excluding carboxylic acids is 1. The predicted octanol–water partition coefficient (Wildman–Crippen LogP) is 2.87. The van der Waals surface area contributed by atoms with Crippen molar-refractivity contribution in [2.45, 2.75) is 25.4 Å². The number of benzene rings is 1. The van der Waals surface area contributed by atoms with E-state index in [1.54, 1.807) is 0 Å². The van der Waals surface area contributed by atoms with Crippen molar-refractivity contribution in [2.24, 2.45) is 0 Å². The molecule has 2 atom stereocenters. The summed E-state index contributed by atoms with van der Waals surface area (Å²) < 4.78 is 6.16. The summed E-state index contributed by atoms with van der Waals surface area (Å²) in [4.78, 5) is 11.1. The Hall–Kier alpha value is -0.830. The average Bonchev–Trinajstić information content (AvgIpc) is 2.47. The minimum Gasteiger partial charge on any atom is -0.462 e. The van der Waals surface area contributed by atoms with E-state index in [1.165, 1.54) is 5.56 Å². The zero-order chi connectivity index (χ0) is 10.1. The summed E-state index contributed by atoms with van der Waals surface area (Å²) in [7, 11) is 0. The predicted molar refractivity (Wildman–Crippen MR) is 57.1 cm³/mol. The van der Waals surface area contributed by atoms with Gasteiger partial charge in [-0.25, -0.2) is 0 Å². The van der Waals surface area contributed by atoms with Crippen LogP contribution in [0.4, 0.5) is 0 Å². The Bertz CT molecular complexity index is 345. The van der Waals surface area contributed by atoms with Crippen LogP contribution in [0, 0.1) is 0 Å². The van der Waals surface area contributed by atoms with Crippen molar-refractivity contribution in [2.75, 3.05) is 0 Å². The number of esters is 1. The maximum Gasteiger partial charge on any atom is 0.306 e. The Kier molecular flexibility index (Phi) is 2.59. The van der Waals surface area contributed by atoms with Crippen LogP contribution in [0.2, 0.25) is 0 Å². The van der Waals surface area contributed by atoms with Crippen LogP contribution in [0.25, 0.3) is 0 Å². The van der Waals surface area contributed by atoms with E-state index >= 15 is 0 Å². The van der Waals surface area contributed by atoms with E-state index in [9.17, 15) is 4.79 Å². The molecule has 0 aliphatic carbocycles. The molecule has 1 aliphatic rings. The quantitative estimate of drug-likeness (QED) is 0.721. The van der Waals surface area contributed by atoms with Gasteiger partial charge in [0, 0.05) is 10.4 Å². The SMILES string of the molecule is CC1OC(=O)CC1c1ccc(Br)cc1. The molecule has 1 fully saturated rings. The Morgan fingerprint density at radius 2 is 2.00 bits per heavy atom. The van der Waals surface area contributed by atoms with Gasteiger partial charge >= 0.3 is 5.97 Å². The van der Waals surface area contributed by atoms with Crippen LogP contribution < -0.4 is 0 Å². The van der Waals surface area contributed by atoms with E-state index in [-0.39, 0.29) is 18.0 Å². The Morgan fingerprint density at radius 3 is 2.50 bits per heavy atom. The minimum absolute atomic E-state index is 0.00340. The van der Waals surface area contributed by atoms with Crippen molar-refractivity contribution in [3.63, 3.8) is 0 Å². The Morgan fingerprint density at radius 1 is 1.36 bits per heavy atom. The highest BCUT2D eigenvalue weighted by Crippen LogP contribution is 2.32. The third kappa shape index (κ3) is 1.82. The van der Waals surface area contributed by atoms with Crippen molar-refractivity contribution in [1.29, 1.82) is 0 Å². The Labute approximate surface area is 91.4 Å². The number of hydrogen-bond acceptors (Lipinski definition) is 2. The molecule has 1 saturated heterocycles. The van der Waals surface area contributed by atoms with E-state index in [2.05, 4.69) is 15.9 Å². The summed E-state index contributed by atoms with van der Waals surface area (Å²) in [5, 5.41) is 0. The first-order chi connectivity index (χ1) is 6.66. The summed E-state index contributed by atoms with van der Waals surface area (Å²) >= 11 is 3.38. The summed E-state index contributed by atoms with van der Waals surface area (Å²) in [5.74, 6) is 0.126. The summed E-state index contributed by atoms with van der Waals surface area (Å²) in [6.45, 7) is 1.94. The van der Waals surface area contributed by atoms with E-state index in [4.69, 9.17) is 4.74 Å². The highest BCUT2D eigenvalue weighted by Gasteiger charge is 2.32. The number of cyclic esters (lactones) is 1. The molecule has 3 heteroatoms. The topological polar surface area (TPSA) is 26.3 Å². The van der Waals surface area contributed by atoms with E-state index in [1.807, 2.05) is 31.2 Å². The standard InChI is InChI=1S/C11H11BrO2/c1-7-10(6-11(13)14-7)8-2-4-9(12)5-3-8/h2-5,7,10H,6H2,1H3. The zero-order valence-corrected chi connectivity index (χ0v) is 9.45. The van der Waals surface area contributed by atoms with Gasteiger partial charge in [-0.15, -0.1) is 0 Å². The highest BCUT2D eigenvalue weighted by atomic mass is 79.9. The number of hydrogen-bond donors (Lipinski definition) is 0. The van der Waals surface area contributed by atoms with E-state index in [0.29, 0.717) is 6.42 Å². The molecule has 0 N–H and O–H groups in total. The maximum atomic E-state index is 11.1. The molecule has 1 aliphatic heterocycles. The van der Waals surface area contributed by atoms with Crippen LogP contribution in [-0.2, 0) is 9.53 Å². The molecule has 0 radical (unpaired) electrons. The lowest BCUT2D eigenvalue weighted by Gasteiger charge is -2.12. The minimum atomic E-state index is -0.0922. The van der Waals surface area contributed by atoms with Crippen molar-refractivity contribution in [1.82, 2.24) is 0 Å². The fourth-order valence-electron chi connectivity index (χ4n) is 1.78. The van der Waals surface area contributed by atoms with Crippen LogP contribution in [0.15, 0.2) is 28.7 Å². The van der Waals surface area contributed by atoms with E-state index < -0.39 is 0 Å². The molecule has 1 aromatic carbocycles. The van der Waals surface area contributed by atoms with Crippen LogP contribution in [-0.4, -0.2) is 12.1 Å². The molecule has 0 saturated carbocycles. The molecule has 0 aromatic heterocycles. The van der Waals surface area contributed by atoms with Crippen molar-refractivity contribution >= 4 is 21.9 Å². The number of rotatable bonds is 1. The van der Waals surface area contributed by atoms with Gasteiger partial charge in [-0.05, 0) is 24.6 Å². The lowest BCUT2D eigenvalue weighted by molar-refractivity contribution is -0.140. The van der Waals surface area contributed by atoms with Gasteiger partial charge < -0.3 is 4.74 Å². The lowest BCUT2D eigenvalue weighted by atomic mass is 9.93. The second kappa shape index (κ2) is 3.73. The van der Waals surface area contributed by atoms with Crippen molar-refractivity contribution < 1.29 is 9.53 Å². The molecule has 14 heavy (non-hydrogen) atoms. The summed E-state index contributed by atoms with van der Waals surface area (Å²) in [6, 6.07) is 8.05. The normalized spacial score (nSPS) is 26.3. The average molecular weight is 255 g/mol. The smallest absolute Gasteiger partial charge is 0.306 e. The molecule has 1 aromatic rings. The molecule has 74 valence electrons. The first kappa shape index (κ1) is 9.71. The van der Waals surface area contributed by atoms with Crippen molar-refractivity contribution in [3.8, 4) is 0 Å². The fraction of sp³-hybridized carbons (Fsp3) is 0.364. The molecule has 2 nitrogen and oxygen atoms in total. The van der Waals surface area contributed by atoms with Gasteiger partial charge in [0.2, 0.25) is 0 Å². The molecular weight excluding hydrogens is 244 g/mol. The first-order valence-electron chi connectivity index (χ1n) is 4.62. The van der Waals surface area contributed by atoms with Crippen molar-refractivity contribution in [3.05, 3.63) is 34.3 Å². The van der Waals surface area contributed by atoms with Gasteiger partial charge in [-0.3, -0.25) is 4.79 Å². The fourth-order valence-corrected chi connectivity index (χ4v) is 2.05.